The summed E-state index contributed by atoms with van der Waals surface area (Å²) in [5.74, 6) is 0.0435. The molecule has 4 rings (SSSR count). The molecule has 1 N–H and O–H groups in total. The molecule has 1 saturated heterocycles. The monoisotopic (exact) mass is 402 g/mol. The normalized spacial score (nSPS) is 20.1. The van der Waals surface area contributed by atoms with Crippen LogP contribution in [0.3, 0.4) is 0 Å². The van der Waals surface area contributed by atoms with E-state index in [9.17, 15) is 13.2 Å². The van der Waals surface area contributed by atoms with Crippen LogP contribution in [0.2, 0.25) is 0 Å². The third-order valence-corrected chi connectivity index (χ3v) is 6.79. The van der Waals surface area contributed by atoms with Gasteiger partial charge in [-0.05, 0) is 42.3 Å². The Kier molecular flexibility index (Phi) is 4.82. The minimum absolute atomic E-state index is 0.0435. The van der Waals surface area contributed by atoms with E-state index in [1.54, 1.807) is 32.6 Å². The smallest absolute Gasteiger partial charge is 0.328 e. The van der Waals surface area contributed by atoms with Crippen LogP contribution in [0.1, 0.15) is 5.56 Å². The first kappa shape index (κ1) is 18.9. The quantitative estimate of drug-likeness (QED) is 0.681. The highest BCUT2D eigenvalue weighted by Gasteiger charge is 2.32. The fourth-order valence-electron chi connectivity index (χ4n) is 3.67. The van der Waals surface area contributed by atoms with Gasteiger partial charge in [0.05, 0.1) is 35.2 Å². The number of ether oxygens (including phenoxy) is 1. The molecule has 0 aliphatic carbocycles. The SMILES string of the molecule is Cn1c(=O)n(C)c2cc(S(=O)(=O)NC3COCC3Cc3ccncc3)ccc21. The Hall–Kier alpha value is -2.49. The molecule has 0 amide bonds. The Morgan fingerprint density at radius 3 is 2.57 bits per heavy atom. The van der Waals surface area contributed by atoms with Crippen molar-refractivity contribution in [2.75, 3.05) is 13.2 Å². The number of hydrogen-bond donors (Lipinski definition) is 1. The number of imidazole rings is 1. The predicted molar refractivity (Wildman–Crippen MR) is 105 cm³/mol. The van der Waals surface area contributed by atoms with E-state index in [1.165, 1.54) is 21.3 Å². The summed E-state index contributed by atoms with van der Waals surface area (Å²) in [6.45, 7) is 0.836. The Bertz CT molecular complexity index is 1170. The second kappa shape index (κ2) is 7.16. The van der Waals surface area contributed by atoms with Crippen molar-refractivity contribution in [3.63, 3.8) is 0 Å². The van der Waals surface area contributed by atoms with Crippen molar-refractivity contribution in [1.29, 1.82) is 0 Å². The number of benzene rings is 1. The lowest BCUT2D eigenvalue weighted by Gasteiger charge is -2.19. The van der Waals surface area contributed by atoms with Gasteiger partial charge in [-0.25, -0.2) is 17.9 Å². The van der Waals surface area contributed by atoms with Crippen LogP contribution in [0, 0.1) is 5.92 Å². The zero-order chi connectivity index (χ0) is 19.9. The van der Waals surface area contributed by atoms with E-state index in [0.717, 1.165) is 5.56 Å². The number of aromatic nitrogens is 3. The van der Waals surface area contributed by atoms with Gasteiger partial charge < -0.3 is 4.74 Å². The molecule has 0 radical (unpaired) electrons. The van der Waals surface area contributed by atoms with Crippen molar-refractivity contribution in [3.05, 3.63) is 58.8 Å². The molecule has 148 valence electrons. The molecule has 0 saturated carbocycles. The Balaban J connectivity index is 1.59. The van der Waals surface area contributed by atoms with Crippen LogP contribution in [0.25, 0.3) is 11.0 Å². The Morgan fingerprint density at radius 1 is 1.11 bits per heavy atom. The standard InChI is InChI=1S/C19H22N4O4S/c1-22-17-4-3-15(10-18(17)23(2)19(22)24)28(25,26)21-16-12-27-11-14(16)9-13-5-7-20-8-6-13/h3-8,10,14,16,21H,9,11-12H2,1-2H3. The predicted octanol–water partition coefficient (Wildman–Crippen LogP) is 0.808. The van der Waals surface area contributed by atoms with E-state index in [2.05, 4.69) is 9.71 Å². The van der Waals surface area contributed by atoms with Crippen LogP contribution in [-0.2, 0) is 35.3 Å². The summed E-state index contributed by atoms with van der Waals surface area (Å²) < 4.78 is 37.2. The maximum absolute atomic E-state index is 13.0. The Morgan fingerprint density at radius 2 is 1.82 bits per heavy atom. The lowest BCUT2D eigenvalue weighted by atomic mass is 9.96. The molecule has 1 aliphatic heterocycles. The third kappa shape index (κ3) is 3.36. The molecule has 3 heterocycles. The highest BCUT2D eigenvalue weighted by Crippen LogP contribution is 2.23. The molecule has 2 unspecified atom stereocenters. The molecule has 1 aromatic carbocycles. The molecule has 28 heavy (non-hydrogen) atoms. The fourth-order valence-corrected chi connectivity index (χ4v) is 4.98. The lowest BCUT2D eigenvalue weighted by molar-refractivity contribution is 0.183. The van der Waals surface area contributed by atoms with Crippen molar-refractivity contribution in [3.8, 4) is 0 Å². The molecule has 9 heteroatoms. The zero-order valence-corrected chi connectivity index (χ0v) is 16.5. The zero-order valence-electron chi connectivity index (χ0n) is 15.7. The molecular formula is C19H22N4O4S. The second-order valence-corrected chi connectivity index (χ2v) is 8.85. The first-order valence-corrected chi connectivity index (χ1v) is 10.5. The van der Waals surface area contributed by atoms with E-state index in [4.69, 9.17) is 4.74 Å². The maximum atomic E-state index is 13.0. The van der Waals surface area contributed by atoms with Crippen molar-refractivity contribution in [1.82, 2.24) is 18.8 Å². The summed E-state index contributed by atoms with van der Waals surface area (Å²) in [5.41, 5.74) is 2.16. The highest BCUT2D eigenvalue weighted by atomic mass is 32.2. The maximum Gasteiger partial charge on any atom is 0.328 e. The molecule has 3 aromatic rings. The van der Waals surface area contributed by atoms with Crippen molar-refractivity contribution in [2.24, 2.45) is 20.0 Å². The summed E-state index contributed by atoms with van der Waals surface area (Å²) in [6, 6.07) is 8.25. The van der Waals surface area contributed by atoms with Crippen LogP contribution in [-0.4, -0.2) is 41.8 Å². The number of aryl methyl sites for hydroxylation is 2. The van der Waals surface area contributed by atoms with Crippen molar-refractivity contribution in [2.45, 2.75) is 17.4 Å². The lowest BCUT2D eigenvalue weighted by Crippen LogP contribution is -2.40. The molecule has 0 bridgehead atoms. The van der Waals surface area contributed by atoms with Gasteiger partial charge in [0.2, 0.25) is 10.0 Å². The van der Waals surface area contributed by atoms with Gasteiger partial charge in [-0.3, -0.25) is 14.1 Å². The van der Waals surface area contributed by atoms with Gasteiger partial charge in [0.15, 0.2) is 0 Å². The van der Waals surface area contributed by atoms with E-state index in [1.807, 2.05) is 12.1 Å². The third-order valence-electron chi connectivity index (χ3n) is 5.31. The summed E-state index contributed by atoms with van der Waals surface area (Å²) in [6.07, 6.45) is 4.16. The van der Waals surface area contributed by atoms with Crippen LogP contribution in [0.4, 0.5) is 0 Å². The van der Waals surface area contributed by atoms with Crippen molar-refractivity contribution >= 4 is 21.1 Å². The first-order chi connectivity index (χ1) is 13.4. The number of fused-ring (bicyclic) bond motifs is 1. The minimum Gasteiger partial charge on any atom is -0.379 e. The van der Waals surface area contributed by atoms with Gasteiger partial charge in [-0.2, -0.15) is 0 Å². The molecule has 2 aromatic heterocycles. The molecule has 2 atom stereocenters. The van der Waals surface area contributed by atoms with E-state index >= 15 is 0 Å². The number of nitrogens with one attached hydrogen (secondary N) is 1. The van der Waals surface area contributed by atoms with Crippen molar-refractivity contribution < 1.29 is 13.2 Å². The van der Waals surface area contributed by atoms with E-state index in [0.29, 0.717) is 30.7 Å². The summed E-state index contributed by atoms with van der Waals surface area (Å²) in [4.78, 5) is 16.2. The topological polar surface area (TPSA) is 95.2 Å². The highest BCUT2D eigenvalue weighted by molar-refractivity contribution is 7.89. The molecule has 1 aliphatic rings. The molecule has 1 fully saturated rings. The first-order valence-electron chi connectivity index (χ1n) is 9.01. The number of sulfonamides is 1. The molecule has 0 spiro atoms. The largest absolute Gasteiger partial charge is 0.379 e. The average Bonchev–Trinajstić information content (AvgIpc) is 3.20. The van der Waals surface area contributed by atoms with E-state index < -0.39 is 10.0 Å². The summed E-state index contributed by atoms with van der Waals surface area (Å²) in [7, 11) is -0.455. The van der Waals surface area contributed by atoms with Gasteiger partial charge in [0.25, 0.3) is 0 Å². The molecular weight excluding hydrogens is 380 g/mol. The Labute approximate surface area is 162 Å². The number of rotatable bonds is 5. The van der Waals surface area contributed by atoms with Gasteiger partial charge in [0, 0.05) is 32.4 Å². The summed E-state index contributed by atoms with van der Waals surface area (Å²) >= 11 is 0. The van der Waals surface area contributed by atoms with Crippen LogP contribution < -0.4 is 10.4 Å². The number of pyridine rings is 1. The van der Waals surface area contributed by atoms with Crippen LogP contribution in [0.15, 0.2) is 52.4 Å². The minimum atomic E-state index is -3.75. The number of nitrogens with zero attached hydrogens (tertiary/aromatic N) is 3. The van der Waals surface area contributed by atoms with Gasteiger partial charge in [-0.15, -0.1) is 0 Å². The van der Waals surface area contributed by atoms with Gasteiger partial charge in [0.1, 0.15) is 0 Å². The average molecular weight is 402 g/mol. The number of hydrogen-bond acceptors (Lipinski definition) is 5. The van der Waals surface area contributed by atoms with Crippen LogP contribution >= 0.6 is 0 Å². The second-order valence-electron chi connectivity index (χ2n) is 7.14. The van der Waals surface area contributed by atoms with Gasteiger partial charge >= 0.3 is 5.69 Å². The summed E-state index contributed by atoms with van der Waals surface area (Å²) in [5, 5.41) is 0. The van der Waals surface area contributed by atoms with Crippen LogP contribution in [0.5, 0.6) is 0 Å². The van der Waals surface area contributed by atoms with E-state index in [-0.39, 0.29) is 22.5 Å². The van der Waals surface area contributed by atoms with Gasteiger partial charge in [-0.1, -0.05) is 0 Å². The molecule has 8 nitrogen and oxygen atoms in total. The fraction of sp³-hybridized carbons (Fsp3) is 0.368.